The highest BCUT2D eigenvalue weighted by Gasteiger charge is 2.33. The molecule has 6 nitrogen and oxygen atoms in total. The maximum Gasteiger partial charge on any atom is 0.237 e. The fourth-order valence-corrected chi connectivity index (χ4v) is 4.01. The van der Waals surface area contributed by atoms with Gasteiger partial charge in [-0.3, -0.25) is 14.5 Å². The van der Waals surface area contributed by atoms with E-state index in [9.17, 15) is 9.59 Å². The Balaban J connectivity index is 1.62. The van der Waals surface area contributed by atoms with Crippen molar-refractivity contribution in [1.82, 2.24) is 15.0 Å². The van der Waals surface area contributed by atoms with Gasteiger partial charge in [0.2, 0.25) is 5.91 Å². The van der Waals surface area contributed by atoms with Crippen LogP contribution in [0, 0.1) is 0 Å². The van der Waals surface area contributed by atoms with Crippen LogP contribution < -0.4 is 0 Å². The summed E-state index contributed by atoms with van der Waals surface area (Å²) in [5, 5.41) is 4.07. The van der Waals surface area contributed by atoms with Gasteiger partial charge in [-0.1, -0.05) is 32.3 Å². The molecule has 0 N–H and O–H groups in total. The highest BCUT2D eigenvalue weighted by atomic mass is 16.5. The van der Waals surface area contributed by atoms with Crippen LogP contribution in [0.5, 0.6) is 0 Å². The Labute approximate surface area is 162 Å². The third-order valence-corrected chi connectivity index (χ3v) is 5.66. The molecule has 1 amide bonds. The van der Waals surface area contributed by atoms with Gasteiger partial charge in [-0.25, -0.2) is 0 Å². The molecule has 0 aromatic carbocycles. The summed E-state index contributed by atoms with van der Waals surface area (Å²) in [5.41, 5.74) is 0.536. The monoisotopic (exact) mass is 375 g/mol. The van der Waals surface area contributed by atoms with Crippen molar-refractivity contribution in [2.45, 2.75) is 77.2 Å². The minimum Gasteiger partial charge on any atom is -0.361 e. The minimum atomic E-state index is -0.314. The molecule has 0 unspecified atom stereocenters. The Morgan fingerprint density at radius 1 is 1.11 bits per heavy atom. The highest BCUT2D eigenvalue weighted by Crippen LogP contribution is 2.24. The Hall–Kier alpha value is -1.69. The first-order chi connectivity index (χ1) is 12.8. The minimum absolute atomic E-state index is 0.0791. The van der Waals surface area contributed by atoms with Crippen LogP contribution in [0.2, 0.25) is 0 Å². The van der Waals surface area contributed by atoms with Gasteiger partial charge >= 0.3 is 0 Å². The summed E-state index contributed by atoms with van der Waals surface area (Å²) in [6.07, 6.45) is 6.55. The molecule has 0 bridgehead atoms. The number of amides is 1. The number of aromatic nitrogens is 1. The van der Waals surface area contributed by atoms with Gasteiger partial charge in [-0.15, -0.1) is 0 Å². The lowest BCUT2D eigenvalue weighted by molar-refractivity contribution is -0.142. The average Bonchev–Trinajstić information content (AvgIpc) is 3.11. The Morgan fingerprint density at radius 3 is 2.48 bits per heavy atom. The smallest absolute Gasteiger partial charge is 0.237 e. The number of likely N-dealkylation sites (tertiary alicyclic amines) is 2. The van der Waals surface area contributed by atoms with Crippen molar-refractivity contribution in [3.8, 4) is 0 Å². The quantitative estimate of drug-likeness (QED) is 0.792. The van der Waals surface area contributed by atoms with E-state index in [4.69, 9.17) is 4.52 Å². The first kappa shape index (κ1) is 20.1. The summed E-state index contributed by atoms with van der Waals surface area (Å²) < 4.78 is 5.40. The van der Waals surface area contributed by atoms with Gasteiger partial charge in [-0.2, -0.15) is 0 Å². The molecule has 2 fully saturated rings. The van der Waals surface area contributed by atoms with Gasteiger partial charge in [0.05, 0.1) is 24.7 Å². The van der Waals surface area contributed by atoms with E-state index in [1.54, 1.807) is 0 Å². The first-order valence-electron chi connectivity index (χ1n) is 10.4. The van der Waals surface area contributed by atoms with Gasteiger partial charge in [0.1, 0.15) is 5.76 Å². The number of carbonyl (C=O) groups is 2. The fourth-order valence-electron chi connectivity index (χ4n) is 4.01. The summed E-state index contributed by atoms with van der Waals surface area (Å²) in [6, 6.07) is 1.56. The summed E-state index contributed by atoms with van der Waals surface area (Å²) in [5.74, 6) is 0.966. The maximum absolute atomic E-state index is 12.9. The van der Waals surface area contributed by atoms with Crippen LogP contribution in [0.15, 0.2) is 10.6 Å². The van der Waals surface area contributed by atoms with Gasteiger partial charge in [0.25, 0.3) is 0 Å². The molecule has 6 heteroatoms. The van der Waals surface area contributed by atoms with Crippen LogP contribution in [0.4, 0.5) is 0 Å². The molecule has 0 spiro atoms. The highest BCUT2D eigenvalue weighted by molar-refractivity contribution is 5.91. The zero-order valence-corrected chi connectivity index (χ0v) is 17.0. The van der Waals surface area contributed by atoms with Crippen molar-refractivity contribution < 1.29 is 14.1 Å². The van der Waals surface area contributed by atoms with Gasteiger partial charge in [0.15, 0.2) is 5.78 Å². The third kappa shape index (κ3) is 5.18. The second-order valence-corrected chi connectivity index (χ2v) is 9.01. The summed E-state index contributed by atoms with van der Waals surface area (Å²) in [6.45, 7) is 9.29. The normalized spacial score (nSPS) is 22.0. The predicted molar refractivity (Wildman–Crippen MR) is 104 cm³/mol. The van der Waals surface area contributed by atoms with E-state index in [2.05, 4.69) is 30.8 Å². The molecule has 1 aromatic heterocycles. The third-order valence-electron chi connectivity index (χ3n) is 5.66. The second-order valence-electron chi connectivity index (χ2n) is 9.01. The Bertz CT molecular complexity index is 656. The van der Waals surface area contributed by atoms with Crippen molar-refractivity contribution >= 4 is 11.7 Å². The number of rotatable bonds is 5. The van der Waals surface area contributed by atoms with E-state index in [1.807, 2.05) is 11.0 Å². The molecular weight excluding hydrogens is 342 g/mol. The molecule has 0 saturated carbocycles. The molecule has 3 heterocycles. The first-order valence-corrected chi connectivity index (χ1v) is 10.4. The number of carbonyl (C=O) groups excluding carboxylic acids is 2. The molecule has 1 atom stereocenters. The number of hydrogen-bond donors (Lipinski definition) is 0. The van der Waals surface area contributed by atoms with Gasteiger partial charge in [0, 0.05) is 18.0 Å². The van der Waals surface area contributed by atoms with Crippen molar-refractivity contribution in [3.63, 3.8) is 0 Å². The lowest BCUT2D eigenvalue weighted by Gasteiger charge is -2.36. The van der Waals surface area contributed by atoms with Crippen molar-refractivity contribution in [1.29, 1.82) is 0 Å². The molecule has 2 saturated heterocycles. The van der Waals surface area contributed by atoms with Crippen LogP contribution in [0.1, 0.15) is 70.8 Å². The van der Waals surface area contributed by atoms with Crippen molar-refractivity contribution in [2.75, 3.05) is 26.2 Å². The van der Waals surface area contributed by atoms with Crippen LogP contribution in [0.25, 0.3) is 0 Å². The number of hydrogen-bond acceptors (Lipinski definition) is 5. The lowest BCUT2D eigenvalue weighted by atomic mass is 9.92. The molecule has 0 aliphatic carbocycles. The van der Waals surface area contributed by atoms with E-state index in [0.717, 1.165) is 51.0 Å². The number of piperidine rings is 2. The summed E-state index contributed by atoms with van der Waals surface area (Å²) >= 11 is 0. The largest absolute Gasteiger partial charge is 0.361 e. The molecule has 2 aliphatic heterocycles. The summed E-state index contributed by atoms with van der Waals surface area (Å²) in [7, 11) is 0. The number of Topliss-reactive ketones (excluding diaryl/α,β-unsaturated/α-hetero) is 1. The standard InChI is InChI=1S/C21H33N3O3/c1-21(2,3)19-14-16(22-27-19)13-18(25)17-9-5-8-12-24(17)20(26)15-23-10-6-4-7-11-23/h14,17H,4-13,15H2,1-3H3/t17-/m0/s1. The van der Waals surface area contributed by atoms with E-state index < -0.39 is 0 Å². The van der Waals surface area contributed by atoms with Crippen LogP contribution in [-0.4, -0.2) is 58.9 Å². The molecule has 0 radical (unpaired) electrons. The van der Waals surface area contributed by atoms with Crippen molar-refractivity contribution in [2.24, 2.45) is 0 Å². The SMILES string of the molecule is CC(C)(C)c1cc(CC(=O)[C@@H]2CCCCN2C(=O)CN2CCCCC2)no1. The molecular formula is C21H33N3O3. The topological polar surface area (TPSA) is 66.7 Å². The van der Waals surface area contributed by atoms with Gasteiger partial charge < -0.3 is 9.42 Å². The van der Waals surface area contributed by atoms with Gasteiger partial charge in [-0.05, 0) is 45.2 Å². The van der Waals surface area contributed by atoms with E-state index >= 15 is 0 Å². The molecule has 2 aliphatic rings. The predicted octanol–water partition coefficient (Wildman–Crippen LogP) is 2.95. The van der Waals surface area contributed by atoms with Crippen LogP contribution in [-0.2, 0) is 21.4 Å². The Morgan fingerprint density at radius 2 is 1.81 bits per heavy atom. The zero-order valence-electron chi connectivity index (χ0n) is 17.0. The molecule has 27 heavy (non-hydrogen) atoms. The second kappa shape index (κ2) is 8.55. The fraction of sp³-hybridized carbons (Fsp3) is 0.762. The molecule has 150 valence electrons. The van der Waals surface area contributed by atoms with E-state index in [1.165, 1.54) is 6.42 Å². The van der Waals surface area contributed by atoms with E-state index in [0.29, 0.717) is 18.8 Å². The zero-order chi connectivity index (χ0) is 19.4. The Kier molecular flexibility index (Phi) is 6.35. The van der Waals surface area contributed by atoms with Crippen LogP contribution in [0.3, 0.4) is 0 Å². The molecule has 3 rings (SSSR count). The maximum atomic E-state index is 12.9. The van der Waals surface area contributed by atoms with Crippen LogP contribution >= 0.6 is 0 Å². The average molecular weight is 376 g/mol. The number of ketones is 1. The number of nitrogens with zero attached hydrogens (tertiary/aromatic N) is 3. The summed E-state index contributed by atoms with van der Waals surface area (Å²) in [4.78, 5) is 29.9. The van der Waals surface area contributed by atoms with E-state index in [-0.39, 0.29) is 29.6 Å². The molecule has 1 aromatic rings. The van der Waals surface area contributed by atoms with Crippen molar-refractivity contribution in [3.05, 3.63) is 17.5 Å². The lowest BCUT2D eigenvalue weighted by Crippen LogP contribution is -2.52.